The molecule has 1 aromatic carbocycles. The lowest BCUT2D eigenvalue weighted by molar-refractivity contribution is -0.465. The second kappa shape index (κ2) is 3.58. The number of hydrogen-bond acceptors (Lipinski definition) is 2. The average Bonchev–Trinajstić information content (AvgIpc) is 2.18. The standard InChI is InChI=1S/C10H13NO2/c1-10(11,9(12)13-2)8-6-4-3-5-7-8/h3-7H,11H2,1-2H3/p+1. The number of quaternary nitrogens is 1. The molecule has 0 aromatic heterocycles. The fourth-order valence-electron chi connectivity index (χ4n) is 1.15. The third-order valence-electron chi connectivity index (χ3n) is 2.05. The molecule has 3 heteroatoms. The Kier molecular flexibility index (Phi) is 2.68. The molecule has 1 aromatic rings. The molecule has 0 spiro atoms. The first-order chi connectivity index (χ1) is 6.09. The van der Waals surface area contributed by atoms with Crippen molar-refractivity contribution in [1.82, 2.24) is 0 Å². The van der Waals surface area contributed by atoms with E-state index < -0.39 is 5.54 Å². The molecule has 0 bridgehead atoms. The molecule has 0 saturated carbocycles. The molecule has 0 heterocycles. The number of benzene rings is 1. The van der Waals surface area contributed by atoms with Gasteiger partial charge in [-0.15, -0.1) is 0 Å². The van der Waals surface area contributed by atoms with Crippen molar-refractivity contribution in [1.29, 1.82) is 0 Å². The molecule has 13 heavy (non-hydrogen) atoms. The van der Waals surface area contributed by atoms with Crippen LogP contribution in [-0.2, 0) is 15.1 Å². The topological polar surface area (TPSA) is 53.9 Å². The first-order valence-electron chi connectivity index (χ1n) is 4.08. The summed E-state index contributed by atoms with van der Waals surface area (Å²) < 4.78 is 4.67. The lowest BCUT2D eigenvalue weighted by Gasteiger charge is -2.17. The van der Waals surface area contributed by atoms with Crippen LogP contribution in [0.15, 0.2) is 30.3 Å². The molecule has 0 saturated heterocycles. The second-order valence-corrected chi connectivity index (χ2v) is 3.19. The van der Waals surface area contributed by atoms with Crippen molar-refractivity contribution in [3.05, 3.63) is 35.9 Å². The lowest BCUT2D eigenvalue weighted by Crippen LogP contribution is -2.72. The summed E-state index contributed by atoms with van der Waals surface area (Å²) >= 11 is 0. The minimum atomic E-state index is -0.810. The third-order valence-corrected chi connectivity index (χ3v) is 2.05. The number of methoxy groups -OCH3 is 1. The summed E-state index contributed by atoms with van der Waals surface area (Å²) in [5.41, 5.74) is 3.89. The molecule has 0 amide bonds. The SMILES string of the molecule is COC(=O)C(C)([NH3+])c1ccccc1. The Hall–Kier alpha value is -1.35. The summed E-state index contributed by atoms with van der Waals surface area (Å²) in [6.07, 6.45) is 0. The van der Waals surface area contributed by atoms with Gasteiger partial charge in [-0.05, 0) is 0 Å². The van der Waals surface area contributed by atoms with Crippen LogP contribution in [0.4, 0.5) is 0 Å². The Labute approximate surface area is 77.5 Å². The van der Waals surface area contributed by atoms with Gasteiger partial charge in [-0.25, -0.2) is 4.79 Å². The van der Waals surface area contributed by atoms with E-state index in [1.165, 1.54) is 7.11 Å². The summed E-state index contributed by atoms with van der Waals surface area (Å²) in [6.45, 7) is 1.74. The molecule has 3 N–H and O–H groups in total. The zero-order valence-electron chi connectivity index (χ0n) is 7.91. The van der Waals surface area contributed by atoms with Crippen molar-refractivity contribution >= 4 is 5.97 Å². The van der Waals surface area contributed by atoms with Gasteiger partial charge in [0.2, 0.25) is 5.54 Å². The second-order valence-electron chi connectivity index (χ2n) is 3.19. The van der Waals surface area contributed by atoms with E-state index in [-0.39, 0.29) is 5.97 Å². The summed E-state index contributed by atoms with van der Waals surface area (Å²) in [4.78, 5) is 11.3. The van der Waals surface area contributed by atoms with Crippen LogP contribution in [0, 0.1) is 0 Å². The van der Waals surface area contributed by atoms with Crippen LogP contribution in [0.2, 0.25) is 0 Å². The van der Waals surface area contributed by atoms with Crippen LogP contribution in [0.1, 0.15) is 12.5 Å². The highest BCUT2D eigenvalue weighted by molar-refractivity contribution is 5.79. The summed E-state index contributed by atoms with van der Waals surface area (Å²) in [5.74, 6) is -0.321. The fraction of sp³-hybridized carbons (Fsp3) is 0.300. The fourth-order valence-corrected chi connectivity index (χ4v) is 1.15. The van der Waals surface area contributed by atoms with Crippen molar-refractivity contribution in [2.75, 3.05) is 7.11 Å². The van der Waals surface area contributed by atoms with Gasteiger partial charge >= 0.3 is 5.97 Å². The summed E-state index contributed by atoms with van der Waals surface area (Å²) in [6, 6.07) is 9.38. The highest BCUT2D eigenvalue weighted by atomic mass is 16.5. The molecule has 0 aliphatic rings. The van der Waals surface area contributed by atoms with E-state index in [4.69, 9.17) is 0 Å². The van der Waals surface area contributed by atoms with Crippen molar-refractivity contribution in [2.24, 2.45) is 0 Å². The highest BCUT2D eigenvalue weighted by Crippen LogP contribution is 2.16. The third kappa shape index (κ3) is 1.87. The van der Waals surface area contributed by atoms with Crippen molar-refractivity contribution < 1.29 is 15.3 Å². The van der Waals surface area contributed by atoms with Gasteiger partial charge in [0, 0.05) is 12.5 Å². The van der Waals surface area contributed by atoms with E-state index in [0.717, 1.165) is 5.56 Å². The van der Waals surface area contributed by atoms with Gasteiger partial charge in [0.05, 0.1) is 7.11 Å². The maximum atomic E-state index is 11.3. The van der Waals surface area contributed by atoms with Gasteiger partial charge in [-0.1, -0.05) is 30.3 Å². The molecule has 1 rings (SSSR count). The summed E-state index contributed by atoms with van der Waals surface area (Å²) in [7, 11) is 1.37. The molecule has 1 unspecified atom stereocenters. The minimum absolute atomic E-state index is 0.321. The molecule has 1 atom stereocenters. The zero-order chi connectivity index (χ0) is 9.90. The predicted molar refractivity (Wildman–Crippen MR) is 48.7 cm³/mol. The molecule has 0 aliphatic carbocycles. The zero-order valence-corrected chi connectivity index (χ0v) is 7.91. The Morgan fingerprint density at radius 2 is 1.92 bits per heavy atom. The van der Waals surface area contributed by atoms with Crippen LogP contribution in [0.25, 0.3) is 0 Å². The van der Waals surface area contributed by atoms with Gasteiger partial charge in [0.15, 0.2) is 0 Å². The van der Waals surface area contributed by atoms with E-state index in [1.54, 1.807) is 6.92 Å². The van der Waals surface area contributed by atoms with E-state index >= 15 is 0 Å². The van der Waals surface area contributed by atoms with Crippen LogP contribution >= 0.6 is 0 Å². The number of esters is 1. The van der Waals surface area contributed by atoms with Crippen LogP contribution in [0.5, 0.6) is 0 Å². The quantitative estimate of drug-likeness (QED) is 0.666. The van der Waals surface area contributed by atoms with E-state index in [2.05, 4.69) is 10.5 Å². The largest absolute Gasteiger partial charge is 0.464 e. The molecule has 3 nitrogen and oxygen atoms in total. The lowest BCUT2D eigenvalue weighted by atomic mass is 9.94. The predicted octanol–water partition coefficient (Wildman–Crippen LogP) is 0.317. The van der Waals surface area contributed by atoms with E-state index in [0.29, 0.717) is 0 Å². The number of carbonyl (C=O) groups is 1. The average molecular weight is 180 g/mol. The van der Waals surface area contributed by atoms with E-state index in [9.17, 15) is 4.79 Å². The van der Waals surface area contributed by atoms with Gasteiger partial charge in [-0.3, -0.25) is 0 Å². The van der Waals surface area contributed by atoms with Gasteiger partial charge in [0.1, 0.15) is 0 Å². The first kappa shape index (κ1) is 9.74. The van der Waals surface area contributed by atoms with E-state index in [1.807, 2.05) is 30.3 Å². The Balaban J connectivity index is 3.00. The van der Waals surface area contributed by atoms with Gasteiger partial charge in [-0.2, -0.15) is 0 Å². The van der Waals surface area contributed by atoms with Gasteiger partial charge < -0.3 is 10.5 Å². The van der Waals surface area contributed by atoms with Gasteiger partial charge in [0.25, 0.3) is 0 Å². The normalized spacial score (nSPS) is 14.7. The number of rotatable bonds is 2. The van der Waals surface area contributed by atoms with Crippen LogP contribution < -0.4 is 5.73 Å². The highest BCUT2D eigenvalue weighted by Gasteiger charge is 2.35. The molecule has 70 valence electrons. The van der Waals surface area contributed by atoms with Crippen LogP contribution in [-0.4, -0.2) is 13.1 Å². The molecule has 0 aliphatic heterocycles. The maximum absolute atomic E-state index is 11.3. The number of carbonyl (C=O) groups excluding carboxylic acids is 1. The molecular weight excluding hydrogens is 166 g/mol. The van der Waals surface area contributed by atoms with Crippen molar-refractivity contribution in [2.45, 2.75) is 12.5 Å². The molecule has 0 radical (unpaired) electrons. The summed E-state index contributed by atoms with van der Waals surface area (Å²) in [5, 5.41) is 0. The Morgan fingerprint density at radius 3 is 2.38 bits per heavy atom. The maximum Gasteiger partial charge on any atom is 0.372 e. The number of ether oxygens (including phenoxy) is 1. The van der Waals surface area contributed by atoms with Crippen LogP contribution in [0.3, 0.4) is 0 Å². The number of hydrogen-bond donors (Lipinski definition) is 1. The Morgan fingerprint density at radius 1 is 1.38 bits per heavy atom. The van der Waals surface area contributed by atoms with Crippen molar-refractivity contribution in [3.8, 4) is 0 Å². The minimum Gasteiger partial charge on any atom is -0.464 e. The first-order valence-corrected chi connectivity index (χ1v) is 4.08. The molecular formula is C10H14NO2+. The monoisotopic (exact) mass is 180 g/mol. The van der Waals surface area contributed by atoms with Crippen molar-refractivity contribution in [3.63, 3.8) is 0 Å². The Bertz CT molecular complexity index is 293. The smallest absolute Gasteiger partial charge is 0.372 e. The molecule has 0 fully saturated rings.